The number of carbonyl (C=O) groups is 2. The van der Waals surface area contributed by atoms with Gasteiger partial charge in [0.25, 0.3) is 11.6 Å². The Kier molecular flexibility index (Phi) is 4.41. The van der Waals surface area contributed by atoms with Gasteiger partial charge in [0.2, 0.25) is 0 Å². The van der Waals surface area contributed by atoms with Crippen LogP contribution in [0.15, 0.2) is 12.1 Å². The highest BCUT2D eigenvalue weighted by molar-refractivity contribution is 5.94. The smallest absolute Gasteiger partial charge is 0.318 e. The number of nitrogens with two attached hydrogens (primary N) is 1. The van der Waals surface area contributed by atoms with Crippen LogP contribution in [0.25, 0.3) is 0 Å². The summed E-state index contributed by atoms with van der Waals surface area (Å²) in [7, 11) is 0. The maximum atomic E-state index is 11.2. The van der Waals surface area contributed by atoms with Crippen molar-refractivity contribution in [3.8, 4) is 5.75 Å². The number of nitrogens with zero attached hydrogens (tertiary/aromatic N) is 1. The molecular weight excluding hydrogens is 254 g/mol. The molecule has 0 heterocycles. The van der Waals surface area contributed by atoms with Gasteiger partial charge in [-0.15, -0.1) is 0 Å². The number of nitrogens with one attached hydrogen (secondary N) is 1. The van der Waals surface area contributed by atoms with E-state index in [1.165, 1.54) is 19.1 Å². The van der Waals surface area contributed by atoms with E-state index in [4.69, 9.17) is 10.5 Å². The van der Waals surface area contributed by atoms with Crippen LogP contribution in [0.3, 0.4) is 0 Å². The SMILES string of the molecule is Cc1ccc([N+](=O)[O-])c(C)c1OCC(=O)NC(N)=O. The van der Waals surface area contributed by atoms with Crippen LogP contribution in [0.5, 0.6) is 5.75 Å². The molecule has 0 radical (unpaired) electrons. The second kappa shape index (κ2) is 5.80. The average Bonchev–Trinajstić information content (AvgIpc) is 2.27. The highest BCUT2D eigenvalue weighted by atomic mass is 16.6. The maximum absolute atomic E-state index is 11.2. The monoisotopic (exact) mass is 267 g/mol. The molecule has 0 aliphatic rings. The average molecular weight is 267 g/mol. The van der Waals surface area contributed by atoms with E-state index in [1.807, 2.05) is 5.32 Å². The lowest BCUT2D eigenvalue weighted by atomic mass is 10.1. The molecule has 102 valence electrons. The summed E-state index contributed by atoms with van der Waals surface area (Å²) in [4.78, 5) is 31.9. The topological polar surface area (TPSA) is 125 Å². The molecule has 0 fully saturated rings. The molecule has 8 heteroatoms. The predicted molar refractivity (Wildman–Crippen MR) is 65.8 cm³/mol. The van der Waals surface area contributed by atoms with Gasteiger partial charge in [-0.2, -0.15) is 0 Å². The van der Waals surface area contributed by atoms with E-state index >= 15 is 0 Å². The zero-order chi connectivity index (χ0) is 14.6. The van der Waals surface area contributed by atoms with Crippen LogP contribution in [-0.2, 0) is 4.79 Å². The standard InChI is InChI=1S/C11H13N3O5/c1-6-3-4-8(14(17)18)7(2)10(6)19-5-9(15)13-11(12)16/h3-4H,5H2,1-2H3,(H3,12,13,15,16). The van der Waals surface area contributed by atoms with Gasteiger partial charge in [-0.3, -0.25) is 20.2 Å². The lowest BCUT2D eigenvalue weighted by Gasteiger charge is -2.11. The Bertz CT molecular complexity index is 541. The van der Waals surface area contributed by atoms with Gasteiger partial charge in [0.1, 0.15) is 5.75 Å². The first-order valence-corrected chi connectivity index (χ1v) is 5.29. The van der Waals surface area contributed by atoms with Gasteiger partial charge in [-0.05, 0) is 25.5 Å². The van der Waals surface area contributed by atoms with Crippen molar-refractivity contribution in [2.75, 3.05) is 6.61 Å². The summed E-state index contributed by atoms with van der Waals surface area (Å²) in [5.74, 6) is -0.480. The molecule has 0 saturated carbocycles. The Morgan fingerprint density at radius 2 is 2.05 bits per heavy atom. The number of ether oxygens (including phenoxy) is 1. The summed E-state index contributed by atoms with van der Waals surface area (Å²) in [6.07, 6.45) is 0. The van der Waals surface area contributed by atoms with Gasteiger partial charge in [0.15, 0.2) is 6.61 Å². The third-order valence-corrected chi connectivity index (χ3v) is 2.38. The first kappa shape index (κ1) is 14.4. The first-order chi connectivity index (χ1) is 8.82. The van der Waals surface area contributed by atoms with Crippen molar-refractivity contribution in [1.82, 2.24) is 5.32 Å². The van der Waals surface area contributed by atoms with Crippen molar-refractivity contribution >= 4 is 17.6 Å². The molecule has 1 aromatic rings. The molecule has 0 bridgehead atoms. The number of imide groups is 1. The zero-order valence-corrected chi connectivity index (χ0v) is 10.4. The second-order valence-electron chi connectivity index (χ2n) is 3.81. The van der Waals surface area contributed by atoms with Crippen LogP contribution < -0.4 is 15.8 Å². The fraction of sp³-hybridized carbons (Fsp3) is 0.273. The summed E-state index contributed by atoms with van der Waals surface area (Å²) in [6.45, 7) is 2.76. The molecule has 3 N–H and O–H groups in total. The lowest BCUT2D eigenvalue weighted by molar-refractivity contribution is -0.385. The van der Waals surface area contributed by atoms with E-state index in [-0.39, 0.29) is 11.4 Å². The fourth-order valence-corrected chi connectivity index (χ4v) is 1.55. The number of carbonyl (C=O) groups excluding carboxylic acids is 2. The quantitative estimate of drug-likeness (QED) is 0.616. The van der Waals surface area contributed by atoms with Gasteiger partial charge in [-0.1, -0.05) is 0 Å². The third kappa shape index (κ3) is 3.66. The van der Waals surface area contributed by atoms with Gasteiger partial charge < -0.3 is 10.5 Å². The number of rotatable bonds is 4. The normalized spacial score (nSPS) is 9.79. The van der Waals surface area contributed by atoms with E-state index in [9.17, 15) is 19.7 Å². The molecule has 0 atom stereocenters. The molecule has 0 aliphatic carbocycles. The van der Waals surface area contributed by atoms with Crippen LogP contribution in [0.4, 0.5) is 10.5 Å². The molecule has 19 heavy (non-hydrogen) atoms. The Morgan fingerprint density at radius 3 is 2.58 bits per heavy atom. The van der Waals surface area contributed by atoms with E-state index in [0.29, 0.717) is 11.1 Å². The van der Waals surface area contributed by atoms with E-state index in [1.54, 1.807) is 6.92 Å². The number of nitro groups is 1. The summed E-state index contributed by atoms with van der Waals surface area (Å²) in [5.41, 5.74) is 5.63. The summed E-state index contributed by atoms with van der Waals surface area (Å²) < 4.78 is 5.20. The largest absolute Gasteiger partial charge is 0.483 e. The van der Waals surface area contributed by atoms with Crippen molar-refractivity contribution < 1.29 is 19.2 Å². The highest BCUT2D eigenvalue weighted by Gasteiger charge is 2.17. The summed E-state index contributed by atoms with van der Waals surface area (Å²) in [6, 6.07) is 1.90. The molecule has 1 rings (SSSR count). The summed E-state index contributed by atoms with van der Waals surface area (Å²) >= 11 is 0. The molecule has 0 unspecified atom stereocenters. The summed E-state index contributed by atoms with van der Waals surface area (Å²) in [5, 5.41) is 12.6. The number of benzene rings is 1. The number of primary amides is 1. The molecular formula is C11H13N3O5. The number of hydrogen-bond acceptors (Lipinski definition) is 5. The van der Waals surface area contributed by atoms with Gasteiger partial charge in [0.05, 0.1) is 10.5 Å². The van der Waals surface area contributed by atoms with E-state index in [2.05, 4.69) is 0 Å². The molecule has 0 saturated heterocycles. The molecule has 1 aromatic carbocycles. The lowest BCUT2D eigenvalue weighted by Crippen LogP contribution is -2.38. The first-order valence-electron chi connectivity index (χ1n) is 5.29. The predicted octanol–water partition coefficient (Wildman–Crippen LogP) is 0.785. The number of aryl methyl sites for hydroxylation is 1. The minimum absolute atomic E-state index is 0.101. The van der Waals surface area contributed by atoms with Crippen molar-refractivity contribution in [1.29, 1.82) is 0 Å². The van der Waals surface area contributed by atoms with Crippen molar-refractivity contribution in [3.05, 3.63) is 33.4 Å². The molecule has 0 aliphatic heterocycles. The second-order valence-corrected chi connectivity index (χ2v) is 3.81. The number of hydrogen-bond donors (Lipinski definition) is 2. The van der Waals surface area contributed by atoms with Crippen molar-refractivity contribution in [2.45, 2.75) is 13.8 Å². The van der Waals surface area contributed by atoms with Crippen LogP contribution in [0.1, 0.15) is 11.1 Å². The van der Waals surface area contributed by atoms with Gasteiger partial charge >= 0.3 is 6.03 Å². The number of amides is 3. The minimum Gasteiger partial charge on any atom is -0.483 e. The van der Waals surface area contributed by atoms with E-state index < -0.39 is 23.5 Å². The maximum Gasteiger partial charge on any atom is 0.318 e. The Labute approximate surface area is 108 Å². The Morgan fingerprint density at radius 1 is 1.42 bits per heavy atom. The van der Waals surface area contributed by atoms with Crippen molar-refractivity contribution in [3.63, 3.8) is 0 Å². The minimum atomic E-state index is -0.985. The van der Waals surface area contributed by atoms with Crippen LogP contribution in [-0.4, -0.2) is 23.5 Å². The fourth-order valence-electron chi connectivity index (χ4n) is 1.55. The van der Waals surface area contributed by atoms with Crippen LogP contribution in [0, 0.1) is 24.0 Å². The highest BCUT2D eigenvalue weighted by Crippen LogP contribution is 2.30. The third-order valence-electron chi connectivity index (χ3n) is 2.38. The van der Waals surface area contributed by atoms with Gasteiger partial charge in [0, 0.05) is 6.07 Å². The number of nitro benzene ring substituents is 1. The van der Waals surface area contributed by atoms with Crippen LogP contribution in [0.2, 0.25) is 0 Å². The Hall–Kier alpha value is -2.64. The Balaban J connectivity index is 2.89. The van der Waals surface area contributed by atoms with Crippen LogP contribution >= 0.6 is 0 Å². The molecule has 0 aromatic heterocycles. The molecule has 0 spiro atoms. The molecule has 8 nitrogen and oxygen atoms in total. The van der Waals surface area contributed by atoms with Crippen molar-refractivity contribution in [2.24, 2.45) is 5.73 Å². The van der Waals surface area contributed by atoms with Gasteiger partial charge in [-0.25, -0.2) is 4.79 Å². The molecule has 3 amide bonds. The zero-order valence-electron chi connectivity index (χ0n) is 10.4. The van der Waals surface area contributed by atoms with E-state index in [0.717, 1.165) is 0 Å². The number of urea groups is 1.